The minimum absolute atomic E-state index is 0.0356. The molecule has 1 aliphatic carbocycles. The Balaban J connectivity index is 1.69. The third-order valence-corrected chi connectivity index (χ3v) is 5.75. The van der Waals surface area contributed by atoms with Gasteiger partial charge in [0.05, 0.1) is 0 Å². The van der Waals surface area contributed by atoms with Crippen LogP contribution in [0.15, 0.2) is 30.5 Å². The van der Waals surface area contributed by atoms with Crippen molar-refractivity contribution < 1.29 is 4.79 Å². The van der Waals surface area contributed by atoms with Crippen LogP contribution < -0.4 is 5.32 Å². The summed E-state index contributed by atoms with van der Waals surface area (Å²) in [5.74, 6) is 0.0356. The van der Waals surface area contributed by atoms with E-state index < -0.39 is 0 Å². The van der Waals surface area contributed by atoms with Crippen LogP contribution in [0.1, 0.15) is 36.0 Å². The molecule has 1 amide bonds. The Morgan fingerprint density at radius 3 is 2.90 bits per heavy atom. The lowest BCUT2D eigenvalue weighted by atomic mass is 10.1. The number of aromatic nitrogens is 1. The maximum absolute atomic E-state index is 12.3. The monoisotopic (exact) mass is 288 g/mol. The fourth-order valence-electron chi connectivity index (χ4n) is 3.01. The average molecular weight is 288 g/mol. The Hall–Kier alpha value is -1.42. The molecule has 2 N–H and O–H groups in total. The van der Waals surface area contributed by atoms with Crippen molar-refractivity contribution in [3.05, 3.63) is 36.0 Å². The van der Waals surface area contributed by atoms with Crippen molar-refractivity contribution in [3.8, 4) is 0 Å². The molecule has 3 nitrogen and oxygen atoms in total. The number of hydrogen-bond acceptors (Lipinski definition) is 2. The third-order valence-electron chi connectivity index (χ3n) is 4.33. The lowest BCUT2D eigenvalue weighted by Crippen LogP contribution is -2.38. The molecule has 1 saturated carbocycles. The Labute approximate surface area is 123 Å². The smallest absolute Gasteiger partial charge is 0.251 e. The normalized spacial score (nSPS) is 17.4. The first-order valence-corrected chi connectivity index (χ1v) is 8.35. The molecule has 0 saturated heterocycles. The number of aromatic amines is 1. The van der Waals surface area contributed by atoms with E-state index in [1.807, 2.05) is 42.2 Å². The summed E-state index contributed by atoms with van der Waals surface area (Å²) in [6.07, 6.45) is 9.05. The standard InChI is InChI=1S/C16H20N2OS/c1-20-16(7-2-3-8-16)11-18-15(19)13-4-5-14-12(10-13)6-9-17-14/h4-6,9-10,17H,2-3,7-8,11H2,1H3,(H,18,19). The highest BCUT2D eigenvalue weighted by Gasteiger charge is 2.33. The first-order chi connectivity index (χ1) is 9.72. The van der Waals surface area contributed by atoms with E-state index in [2.05, 4.69) is 16.6 Å². The first kappa shape index (κ1) is 13.6. The van der Waals surface area contributed by atoms with Crippen molar-refractivity contribution in [2.75, 3.05) is 12.8 Å². The van der Waals surface area contributed by atoms with E-state index in [-0.39, 0.29) is 10.7 Å². The van der Waals surface area contributed by atoms with Crippen LogP contribution in [0.5, 0.6) is 0 Å². The molecule has 0 spiro atoms. The molecule has 1 heterocycles. The summed E-state index contributed by atoms with van der Waals surface area (Å²) in [6, 6.07) is 7.78. The first-order valence-electron chi connectivity index (χ1n) is 7.13. The van der Waals surface area contributed by atoms with Gasteiger partial charge in [-0.2, -0.15) is 11.8 Å². The second kappa shape index (κ2) is 5.52. The Bertz CT molecular complexity index is 614. The molecule has 0 atom stereocenters. The molecule has 20 heavy (non-hydrogen) atoms. The van der Waals surface area contributed by atoms with Crippen molar-refractivity contribution in [2.24, 2.45) is 0 Å². The zero-order valence-electron chi connectivity index (χ0n) is 11.7. The molecule has 0 aliphatic heterocycles. The fraction of sp³-hybridized carbons (Fsp3) is 0.438. The number of fused-ring (bicyclic) bond motifs is 1. The van der Waals surface area contributed by atoms with Gasteiger partial charge in [-0.05, 0) is 43.4 Å². The van der Waals surface area contributed by atoms with Crippen LogP contribution in [0.3, 0.4) is 0 Å². The zero-order valence-corrected chi connectivity index (χ0v) is 12.6. The van der Waals surface area contributed by atoms with Crippen molar-refractivity contribution in [1.29, 1.82) is 0 Å². The quantitative estimate of drug-likeness (QED) is 0.903. The minimum atomic E-state index is 0.0356. The summed E-state index contributed by atoms with van der Waals surface area (Å²) in [7, 11) is 0. The molecule has 1 aromatic heterocycles. The molecule has 0 bridgehead atoms. The van der Waals surface area contributed by atoms with Crippen molar-refractivity contribution in [2.45, 2.75) is 30.4 Å². The number of amides is 1. The number of nitrogens with one attached hydrogen (secondary N) is 2. The van der Waals surface area contributed by atoms with Crippen LogP contribution in [-0.4, -0.2) is 28.4 Å². The Morgan fingerprint density at radius 2 is 2.15 bits per heavy atom. The average Bonchev–Trinajstić information content (AvgIpc) is 3.13. The number of H-pyrrole nitrogens is 1. The summed E-state index contributed by atoms with van der Waals surface area (Å²) < 4.78 is 0.258. The van der Waals surface area contributed by atoms with Gasteiger partial charge in [0.15, 0.2) is 0 Å². The van der Waals surface area contributed by atoms with E-state index in [0.29, 0.717) is 0 Å². The molecule has 1 aliphatic rings. The lowest BCUT2D eigenvalue weighted by Gasteiger charge is -2.26. The van der Waals surface area contributed by atoms with E-state index in [1.165, 1.54) is 25.7 Å². The number of hydrogen-bond donors (Lipinski definition) is 2. The number of benzene rings is 1. The third kappa shape index (κ3) is 2.57. The molecule has 4 heteroatoms. The van der Waals surface area contributed by atoms with Gasteiger partial charge >= 0.3 is 0 Å². The molecular weight excluding hydrogens is 268 g/mol. The van der Waals surface area contributed by atoms with Crippen LogP contribution in [0, 0.1) is 0 Å². The molecule has 0 unspecified atom stereocenters. The summed E-state index contributed by atoms with van der Waals surface area (Å²) in [6.45, 7) is 0.776. The van der Waals surface area contributed by atoms with Gasteiger partial charge in [0.1, 0.15) is 0 Å². The topological polar surface area (TPSA) is 44.9 Å². The van der Waals surface area contributed by atoms with Gasteiger partial charge in [-0.3, -0.25) is 4.79 Å². The Kier molecular flexibility index (Phi) is 3.74. The summed E-state index contributed by atoms with van der Waals surface area (Å²) >= 11 is 1.90. The predicted octanol–water partition coefficient (Wildman–Crippen LogP) is 3.57. The van der Waals surface area contributed by atoms with E-state index in [4.69, 9.17) is 0 Å². The van der Waals surface area contributed by atoms with E-state index in [0.717, 1.165) is 23.0 Å². The number of carbonyl (C=O) groups excluding carboxylic acids is 1. The van der Waals surface area contributed by atoms with Crippen molar-refractivity contribution in [3.63, 3.8) is 0 Å². The van der Waals surface area contributed by atoms with Crippen LogP contribution in [0.2, 0.25) is 0 Å². The second-order valence-electron chi connectivity index (χ2n) is 5.56. The summed E-state index contributed by atoms with van der Waals surface area (Å²) in [5, 5.41) is 4.20. The van der Waals surface area contributed by atoms with Gasteiger partial charge in [0.25, 0.3) is 5.91 Å². The van der Waals surface area contributed by atoms with Gasteiger partial charge in [0.2, 0.25) is 0 Å². The molecule has 1 aromatic carbocycles. The number of rotatable bonds is 4. The molecule has 106 valence electrons. The number of carbonyl (C=O) groups is 1. The molecule has 1 fully saturated rings. The lowest BCUT2D eigenvalue weighted by molar-refractivity contribution is 0.0950. The van der Waals surface area contributed by atoms with Crippen LogP contribution in [-0.2, 0) is 0 Å². The molecule has 3 rings (SSSR count). The van der Waals surface area contributed by atoms with Crippen LogP contribution in [0.4, 0.5) is 0 Å². The molecule has 2 aromatic rings. The Morgan fingerprint density at radius 1 is 1.35 bits per heavy atom. The predicted molar refractivity (Wildman–Crippen MR) is 85.3 cm³/mol. The van der Waals surface area contributed by atoms with E-state index >= 15 is 0 Å². The fourth-order valence-corrected chi connectivity index (χ4v) is 3.92. The highest BCUT2D eigenvalue weighted by molar-refractivity contribution is 8.00. The van der Waals surface area contributed by atoms with Crippen molar-refractivity contribution >= 4 is 28.6 Å². The molecular formula is C16H20N2OS. The summed E-state index contributed by atoms with van der Waals surface area (Å²) in [5.41, 5.74) is 1.81. The zero-order chi connectivity index (χ0) is 14.0. The second-order valence-corrected chi connectivity index (χ2v) is 6.83. The number of thioether (sulfide) groups is 1. The van der Waals surface area contributed by atoms with Crippen LogP contribution >= 0.6 is 11.8 Å². The maximum atomic E-state index is 12.3. The van der Waals surface area contributed by atoms with Crippen molar-refractivity contribution in [1.82, 2.24) is 10.3 Å². The highest BCUT2D eigenvalue weighted by atomic mass is 32.2. The SMILES string of the molecule is CSC1(CNC(=O)c2ccc3[nH]ccc3c2)CCCC1. The van der Waals surface area contributed by atoms with E-state index in [9.17, 15) is 4.79 Å². The highest BCUT2D eigenvalue weighted by Crippen LogP contribution is 2.39. The van der Waals surface area contributed by atoms with Crippen LogP contribution in [0.25, 0.3) is 10.9 Å². The minimum Gasteiger partial charge on any atom is -0.361 e. The maximum Gasteiger partial charge on any atom is 0.251 e. The molecule has 0 radical (unpaired) electrons. The van der Waals surface area contributed by atoms with Gasteiger partial charge in [0, 0.05) is 34.0 Å². The van der Waals surface area contributed by atoms with Gasteiger partial charge in [-0.1, -0.05) is 12.8 Å². The van der Waals surface area contributed by atoms with Gasteiger partial charge < -0.3 is 10.3 Å². The van der Waals surface area contributed by atoms with Gasteiger partial charge in [-0.25, -0.2) is 0 Å². The summed E-state index contributed by atoms with van der Waals surface area (Å²) in [4.78, 5) is 15.4. The van der Waals surface area contributed by atoms with E-state index in [1.54, 1.807) is 0 Å². The largest absolute Gasteiger partial charge is 0.361 e. The van der Waals surface area contributed by atoms with Gasteiger partial charge in [-0.15, -0.1) is 0 Å².